The molecule has 6 nitrogen and oxygen atoms in total. The summed E-state index contributed by atoms with van der Waals surface area (Å²) >= 11 is 1.55. The van der Waals surface area contributed by atoms with Crippen LogP contribution in [-0.4, -0.2) is 41.9 Å². The zero-order chi connectivity index (χ0) is 19.7. The zero-order valence-electron chi connectivity index (χ0n) is 15.4. The third-order valence-corrected chi connectivity index (χ3v) is 6.58. The van der Waals surface area contributed by atoms with E-state index in [9.17, 15) is 14.4 Å². The van der Waals surface area contributed by atoms with Crippen molar-refractivity contribution in [2.24, 2.45) is 11.7 Å². The van der Waals surface area contributed by atoms with Gasteiger partial charge in [-0.05, 0) is 43.0 Å². The summed E-state index contributed by atoms with van der Waals surface area (Å²) in [5, 5.41) is 0. The molecule has 0 saturated carbocycles. The van der Waals surface area contributed by atoms with Crippen molar-refractivity contribution in [1.82, 2.24) is 4.90 Å². The molecule has 0 spiro atoms. The standard InChI is InChI=1S/C21H22N2O4S/c22-19(24)10-15-11-23(20(25)18-9-14-7-4-8-17(14)28-18)12-16(15)27-21(26)13-5-2-1-3-6-13/h1-3,5-6,9,15-16H,4,7-8,10-12H2,(H2,22,24)/t15-,16+/m0/s1. The van der Waals surface area contributed by atoms with E-state index in [1.54, 1.807) is 40.5 Å². The molecule has 1 saturated heterocycles. The molecule has 2 aromatic rings. The number of carbonyl (C=O) groups is 3. The highest BCUT2D eigenvalue weighted by molar-refractivity contribution is 7.14. The Labute approximate surface area is 167 Å². The first kappa shape index (κ1) is 18.7. The van der Waals surface area contributed by atoms with E-state index in [1.165, 1.54) is 10.4 Å². The Morgan fingerprint density at radius 1 is 1.14 bits per heavy atom. The van der Waals surface area contributed by atoms with Gasteiger partial charge in [0.15, 0.2) is 0 Å². The van der Waals surface area contributed by atoms with Crippen LogP contribution in [0.2, 0.25) is 0 Å². The first-order valence-electron chi connectivity index (χ1n) is 9.46. The van der Waals surface area contributed by atoms with Gasteiger partial charge in [0.05, 0.1) is 17.0 Å². The number of benzene rings is 1. The van der Waals surface area contributed by atoms with Crippen molar-refractivity contribution < 1.29 is 19.1 Å². The van der Waals surface area contributed by atoms with Gasteiger partial charge in [-0.2, -0.15) is 0 Å². The number of fused-ring (bicyclic) bond motifs is 1. The predicted octanol–water partition coefficient (Wildman–Crippen LogP) is 2.41. The van der Waals surface area contributed by atoms with Crippen LogP contribution in [0.3, 0.4) is 0 Å². The highest BCUT2D eigenvalue weighted by atomic mass is 32.1. The summed E-state index contributed by atoms with van der Waals surface area (Å²) in [6.07, 6.45) is 2.75. The van der Waals surface area contributed by atoms with Crippen LogP contribution in [0.1, 0.15) is 43.3 Å². The van der Waals surface area contributed by atoms with Gasteiger partial charge in [0.1, 0.15) is 6.10 Å². The summed E-state index contributed by atoms with van der Waals surface area (Å²) in [7, 11) is 0. The van der Waals surface area contributed by atoms with E-state index in [-0.39, 0.29) is 24.8 Å². The van der Waals surface area contributed by atoms with Gasteiger partial charge in [-0.15, -0.1) is 11.3 Å². The first-order chi connectivity index (χ1) is 13.5. The molecule has 1 fully saturated rings. The van der Waals surface area contributed by atoms with E-state index in [0.717, 1.165) is 24.1 Å². The van der Waals surface area contributed by atoms with Crippen molar-refractivity contribution in [3.8, 4) is 0 Å². The van der Waals surface area contributed by atoms with Crippen LogP contribution in [0, 0.1) is 5.92 Å². The SMILES string of the molecule is NC(=O)C[C@H]1CN(C(=O)c2cc3c(s2)CCC3)C[C@H]1OC(=O)c1ccccc1. The average molecular weight is 398 g/mol. The minimum atomic E-state index is -0.545. The third kappa shape index (κ3) is 3.80. The lowest BCUT2D eigenvalue weighted by molar-refractivity contribution is -0.119. The van der Waals surface area contributed by atoms with E-state index >= 15 is 0 Å². The van der Waals surface area contributed by atoms with Gasteiger partial charge in [-0.1, -0.05) is 18.2 Å². The third-order valence-electron chi connectivity index (χ3n) is 5.36. The Bertz CT molecular complexity index is 887. The lowest BCUT2D eigenvalue weighted by Gasteiger charge is -2.17. The fourth-order valence-electron chi connectivity index (χ4n) is 3.97. The number of ether oxygens (including phenoxy) is 1. The molecule has 2 N–H and O–H groups in total. The highest BCUT2D eigenvalue weighted by Gasteiger charge is 2.39. The molecule has 2 heterocycles. The molecule has 1 aromatic heterocycles. The van der Waals surface area contributed by atoms with Gasteiger partial charge in [0.2, 0.25) is 5.91 Å². The van der Waals surface area contributed by atoms with E-state index in [1.807, 2.05) is 12.1 Å². The smallest absolute Gasteiger partial charge is 0.338 e. The summed E-state index contributed by atoms with van der Waals surface area (Å²) < 4.78 is 5.65. The average Bonchev–Trinajstić information content (AvgIpc) is 3.37. The minimum Gasteiger partial charge on any atom is -0.457 e. The number of hydrogen-bond donors (Lipinski definition) is 1. The normalized spacial score (nSPS) is 20.8. The van der Waals surface area contributed by atoms with Crippen LogP contribution in [-0.2, 0) is 22.4 Å². The summed E-state index contributed by atoms with van der Waals surface area (Å²) in [4.78, 5) is 40.6. The number of amides is 2. The number of rotatable bonds is 5. The van der Waals surface area contributed by atoms with Crippen LogP contribution in [0.4, 0.5) is 0 Å². The number of carbonyl (C=O) groups excluding carboxylic acids is 3. The van der Waals surface area contributed by atoms with E-state index in [2.05, 4.69) is 0 Å². The van der Waals surface area contributed by atoms with Crippen molar-refractivity contribution in [2.75, 3.05) is 13.1 Å². The van der Waals surface area contributed by atoms with Gasteiger partial charge in [0.25, 0.3) is 5.91 Å². The number of nitrogens with two attached hydrogens (primary N) is 1. The van der Waals surface area contributed by atoms with Crippen molar-refractivity contribution in [3.05, 3.63) is 57.3 Å². The molecule has 7 heteroatoms. The number of aryl methyl sites for hydroxylation is 2. The van der Waals surface area contributed by atoms with Crippen molar-refractivity contribution >= 4 is 29.1 Å². The van der Waals surface area contributed by atoms with Crippen LogP contribution < -0.4 is 5.73 Å². The number of thiophene rings is 1. The van der Waals surface area contributed by atoms with Crippen LogP contribution >= 0.6 is 11.3 Å². The molecule has 2 amide bonds. The van der Waals surface area contributed by atoms with Gasteiger partial charge >= 0.3 is 5.97 Å². The molecule has 0 radical (unpaired) electrons. The molecule has 1 aromatic carbocycles. The maximum atomic E-state index is 13.0. The Hall–Kier alpha value is -2.67. The molecule has 28 heavy (non-hydrogen) atoms. The number of esters is 1. The second-order valence-electron chi connectivity index (χ2n) is 7.36. The van der Waals surface area contributed by atoms with Gasteiger partial charge < -0.3 is 15.4 Å². The maximum absolute atomic E-state index is 13.0. The molecule has 2 atom stereocenters. The zero-order valence-corrected chi connectivity index (χ0v) is 16.2. The quantitative estimate of drug-likeness (QED) is 0.783. The topological polar surface area (TPSA) is 89.7 Å². The maximum Gasteiger partial charge on any atom is 0.338 e. The van der Waals surface area contributed by atoms with Gasteiger partial charge in [-0.3, -0.25) is 9.59 Å². The molecule has 0 bridgehead atoms. The van der Waals surface area contributed by atoms with E-state index < -0.39 is 18.0 Å². The molecular formula is C21H22N2O4S. The lowest BCUT2D eigenvalue weighted by Crippen LogP contribution is -2.30. The molecule has 0 unspecified atom stereocenters. The van der Waals surface area contributed by atoms with Crippen molar-refractivity contribution in [2.45, 2.75) is 31.8 Å². The largest absolute Gasteiger partial charge is 0.457 e. The fraction of sp³-hybridized carbons (Fsp3) is 0.381. The molecule has 1 aliphatic carbocycles. The molecule has 1 aliphatic heterocycles. The van der Waals surface area contributed by atoms with Crippen LogP contribution in [0.5, 0.6) is 0 Å². The van der Waals surface area contributed by atoms with Gasteiger partial charge in [0, 0.05) is 23.8 Å². The summed E-state index contributed by atoms with van der Waals surface area (Å²) in [5.74, 6) is -1.27. The van der Waals surface area contributed by atoms with E-state index in [4.69, 9.17) is 10.5 Å². The monoisotopic (exact) mass is 398 g/mol. The molecule has 4 rings (SSSR count). The predicted molar refractivity (Wildman–Crippen MR) is 105 cm³/mol. The Kier molecular flexibility index (Phi) is 5.17. The molecular weight excluding hydrogens is 376 g/mol. The van der Waals surface area contributed by atoms with Crippen LogP contribution in [0.25, 0.3) is 0 Å². The summed E-state index contributed by atoms with van der Waals surface area (Å²) in [6, 6.07) is 10.7. The second-order valence-corrected chi connectivity index (χ2v) is 8.50. The summed E-state index contributed by atoms with van der Waals surface area (Å²) in [5.41, 5.74) is 7.09. The van der Waals surface area contributed by atoms with E-state index in [0.29, 0.717) is 12.1 Å². The van der Waals surface area contributed by atoms with Gasteiger partial charge in [-0.25, -0.2) is 4.79 Å². The molecule has 2 aliphatic rings. The Balaban J connectivity index is 1.48. The minimum absolute atomic E-state index is 0.0628. The lowest BCUT2D eigenvalue weighted by atomic mass is 10.0. The van der Waals surface area contributed by atoms with Crippen molar-refractivity contribution in [3.63, 3.8) is 0 Å². The van der Waals surface area contributed by atoms with Crippen LogP contribution in [0.15, 0.2) is 36.4 Å². The first-order valence-corrected chi connectivity index (χ1v) is 10.3. The highest BCUT2D eigenvalue weighted by Crippen LogP contribution is 2.33. The number of hydrogen-bond acceptors (Lipinski definition) is 5. The summed E-state index contributed by atoms with van der Waals surface area (Å²) in [6.45, 7) is 0.634. The van der Waals surface area contributed by atoms with Crippen molar-refractivity contribution in [1.29, 1.82) is 0 Å². The molecule has 146 valence electrons. The Morgan fingerprint density at radius 3 is 2.64 bits per heavy atom. The Morgan fingerprint density at radius 2 is 1.93 bits per heavy atom. The number of likely N-dealkylation sites (tertiary alicyclic amines) is 1. The fourth-order valence-corrected chi connectivity index (χ4v) is 5.19. The number of primary amides is 1. The second kappa shape index (κ2) is 7.75. The number of nitrogens with zero attached hydrogens (tertiary/aromatic N) is 1.